The van der Waals surface area contributed by atoms with E-state index in [1.165, 1.54) is 5.57 Å². The van der Waals surface area contributed by atoms with Gasteiger partial charge in [-0.3, -0.25) is 14.4 Å². The molecular weight excluding hydrogens is 302 g/mol. The summed E-state index contributed by atoms with van der Waals surface area (Å²) in [4.78, 5) is 39.2. The number of carbonyl (C=O) groups is 3. The first-order valence-corrected chi connectivity index (χ1v) is 7.21. The molecule has 0 aromatic heterocycles. The lowest BCUT2D eigenvalue weighted by atomic mass is 9.77. The third kappa shape index (κ3) is 17.7. The highest BCUT2D eigenvalue weighted by molar-refractivity contribution is 5.91. The minimum atomic E-state index is -0.870. The molecule has 0 aromatic rings. The van der Waals surface area contributed by atoms with Crippen molar-refractivity contribution >= 4 is 23.8 Å². The maximum Gasteiger partial charge on any atom is 0.303 e. The highest BCUT2D eigenvalue weighted by atomic mass is 16.4. The fourth-order valence-corrected chi connectivity index (χ4v) is 2.22. The van der Waals surface area contributed by atoms with Gasteiger partial charge >= 0.3 is 11.9 Å². The van der Waals surface area contributed by atoms with Crippen LogP contribution < -0.4 is 0 Å². The number of unbranched alkanes of at least 4 members (excludes halogenated alkanes) is 1. The van der Waals surface area contributed by atoms with Gasteiger partial charge in [-0.1, -0.05) is 19.4 Å². The molecule has 7 heteroatoms. The predicted octanol–water partition coefficient (Wildman–Crippen LogP) is 2.94. The zero-order valence-electron chi connectivity index (χ0n) is 13.8. The molecular formula is C16H25NO6. The predicted molar refractivity (Wildman–Crippen MR) is 83.9 cm³/mol. The van der Waals surface area contributed by atoms with Crippen LogP contribution in [0.5, 0.6) is 0 Å². The number of hydrogen-bond donors (Lipinski definition) is 3. The molecule has 0 spiro atoms. The average Bonchev–Trinajstić information content (AvgIpc) is 2.32. The molecule has 7 nitrogen and oxygen atoms in total. The molecule has 0 saturated carbocycles. The standard InChI is InChI=1S/C9H14O.C6H10O4.CHNO/c1-7-4-8(10)6-9(2,3)5-7;7-5(8)3-1-2-4-6(9)10;2-1-3/h4H,5-6H2,1-3H3;1-4H2,(H,7,8)(H,9,10);2H. The van der Waals surface area contributed by atoms with Crippen molar-refractivity contribution in [3.8, 4) is 0 Å². The summed E-state index contributed by atoms with van der Waals surface area (Å²) in [5.41, 5.74) is 1.43. The van der Waals surface area contributed by atoms with Crippen molar-refractivity contribution in [3.63, 3.8) is 0 Å². The molecule has 0 bridgehead atoms. The summed E-state index contributed by atoms with van der Waals surface area (Å²) >= 11 is 0. The van der Waals surface area contributed by atoms with Crippen molar-refractivity contribution in [1.29, 1.82) is 5.41 Å². The Morgan fingerprint density at radius 3 is 1.83 bits per heavy atom. The van der Waals surface area contributed by atoms with Crippen LogP contribution in [0.2, 0.25) is 0 Å². The van der Waals surface area contributed by atoms with Crippen LogP contribution in [-0.4, -0.2) is 34.0 Å². The number of carbonyl (C=O) groups excluding carboxylic acids is 2. The summed E-state index contributed by atoms with van der Waals surface area (Å²) in [7, 11) is 0. The van der Waals surface area contributed by atoms with Gasteiger partial charge in [-0.25, -0.2) is 10.2 Å². The molecule has 0 aromatic carbocycles. The van der Waals surface area contributed by atoms with E-state index in [1.807, 2.05) is 6.92 Å². The number of allylic oxidation sites excluding steroid dienone is 2. The summed E-state index contributed by atoms with van der Waals surface area (Å²) in [6, 6.07) is 0. The van der Waals surface area contributed by atoms with Gasteiger partial charge in [0.15, 0.2) is 5.78 Å². The molecule has 1 rings (SSSR count). The van der Waals surface area contributed by atoms with E-state index < -0.39 is 11.9 Å². The quantitative estimate of drug-likeness (QED) is 0.404. The molecule has 0 radical (unpaired) electrons. The van der Waals surface area contributed by atoms with Gasteiger partial charge in [0.05, 0.1) is 0 Å². The Kier molecular flexibility index (Phi) is 12.3. The normalized spacial score (nSPS) is 14.9. The van der Waals surface area contributed by atoms with E-state index in [0.29, 0.717) is 19.3 Å². The fourth-order valence-electron chi connectivity index (χ4n) is 2.22. The van der Waals surface area contributed by atoms with E-state index in [0.717, 1.165) is 12.5 Å². The lowest BCUT2D eigenvalue weighted by Gasteiger charge is -2.27. The first-order chi connectivity index (χ1) is 10.5. The van der Waals surface area contributed by atoms with E-state index in [4.69, 9.17) is 20.4 Å². The average molecular weight is 327 g/mol. The van der Waals surface area contributed by atoms with Crippen LogP contribution in [-0.2, 0) is 19.2 Å². The monoisotopic (exact) mass is 327 g/mol. The van der Waals surface area contributed by atoms with Crippen molar-refractivity contribution in [1.82, 2.24) is 0 Å². The third-order valence-electron chi connectivity index (χ3n) is 2.85. The number of carboxylic acid groups (broad SMARTS) is 2. The summed E-state index contributed by atoms with van der Waals surface area (Å²) in [5.74, 6) is -1.45. The molecule has 0 fully saturated rings. The highest BCUT2D eigenvalue weighted by Gasteiger charge is 2.25. The van der Waals surface area contributed by atoms with E-state index in [2.05, 4.69) is 13.8 Å². The zero-order chi connectivity index (χ0) is 18.5. The fraction of sp³-hybridized carbons (Fsp3) is 0.625. The second-order valence-corrected chi connectivity index (χ2v) is 6.07. The van der Waals surface area contributed by atoms with Gasteiger partial charge < -0.3 is 10.2 Å². The number of aliphatic carboxylic acids is 2. The Hall–Kier alpha value is -2.27. The van der Waals surface area contributed by atoms with Gasteiger partial charge in [-0.2, -0.15) is 0 Å². The van der Waals surface area contributed by atoms with Gasteiger partial charge in [-0.05, 0) is 37.7 Å². The van der Waals surface area contributed by atoms with Crippen molar-refractivity contribution in [2.75, 3.05) is 0 Å². The number of isocyanates is 1. The Morgan fingerprint density at radius 2 is 1.57 bits per heavy atom. The smallest absolute Gasteiger partial charge is 0.303 e. The SMILES string of the molecule is CC1=CC(=O)CC(C)(C)C1.N=C=O.O=C(O)CCCCC(=O)O. The second-order valence-electron chi connectivity index (χ2n) is 6.07. The van der Waals surface area contributed by atoms with Gasteiger partial charge in [0.1, 0.15) is 0 Å². The zero-order valence-corrected chi connectivity index (χ0v) is 13.8. The number of hydrogen-bond acceptors (Lipinski definition) is 5. The van der Waals surface area contributed by atoms with E-state index >= 15 is 0 Å². The first-order valence-electron chi connectivity index (χ1n) is 7.21. The maximum absolute atomic E-state index is 11.0. The Labute approximate surface area is 135 Å². The number of nitrogens with one attached hydrogen (secondary N) is 1. The van der Waals surface area contributed by atoms with E-state index in [1.54, 1.807) is 6.08 Å². The van der Waals surface area contributed by atoms with Crippen LogP contribution in [0.4, 0.5) is 0 Å². The molecule has 130 valence electrons. The van der Waals surface area contributed by atoms with Crippen LogP contribution in [0.25, 0.3) is 0 Å². The van der Waals surface area contributed by atoms with Crippen molar-refractivity contribution in [2.45, 2.75) is 59.3 Å². The molecule has 0 unspecified atom stereocenters. The minimum Gasteiger partial charge on any atom is -0.481 e. The number of rotatable bonds is 5. The third-order valence-corrected chi connectivity index (χ3v) is 2.85. The van der Waals surface area contributed by atoms with E-state index in [9.17, 15) is 14.4 Å². The lowest BCUT2D eigenvalue weighted by molar-refractivity contribution is -0.139. The number of carboxylic acids is 2. The molecule has 1 aliphatic carbocycles. The van der Waals surface area contributed by atoms with Crippen LogP contribution in [0.1, 0.15) is 59.3 Å². The minimum absolute atomic E-state index is 0.0628. The molecule has 3 N–H and O–H groups in total. The summed E-state index contributed by atoms with van der Waals surface area (Å²) < 4.78 is 0. The van der Waals surface area contributed by atoms with Crippen LogP contribution in [0, 0.1) is 10.8 Å². The van der Waals surface area contributed by atoms with Crippen LogP contribution in [0.15, 0.2) is 11.6 Å². The Morgan fingerprint density at radius 1 is 1.17 bits per heavy atom. The van der Waals surface area contributed by atoms with Gasteiger partial charge in [0.2, 0.25) is 6.08 Å². The largest absolute Gasteiger partial charge is 0.481 e. The van der Waals surface area contributed by atoms with Crippen molar-refractivity contribution in [3.05, 3.63) is 11.6 Å². The van der Waals surface area contributed by atoms with Gasteiger partial charge in [-0.15, -0.1) is 0 Å². The van der Waals surface area contributed by atoms with Gasteiger partial charge in [0, 0.05) is 19.3 Å². The Balaban J connectivity index is 0. The summed E-state index contributed by atoms with van der Waals surface area (Å²) in [6.07, 6.45) is 5.32. The highest BCUT2D eigenvalue weighted by Crippen LogP contribution is 2.32. The molecule has 0 atom stereocenters. The van der Waals surface area contributed by atoms with Crippen LogP contribution in [0.3, 0.4) is 0 Å². The molecule has 0 saturated heterocycles. The topological polar surface area (TPSA) is 133 Å². The summed E-state index contributed by atoms with van der Waals surface area (Å²) in [5, 5.41) is 21.7. The number of ketones is 1. The van der Waals surface area contributed by atoms with Crippen LogP contribution >= 0.6 is 0 Å². The maximum atomic E-state index is 11.0. The Bertz CT molecular complexity index is 457. The molecule has 0 aliphatic heterocycles. The lowest BCUT2D eigenvalue weighted by Crippen LogP contribution is -2.20. The molecule has 1 aliphatic rings. The van der Waals surface area contributed by atoms with Crippen molar-refractivity contribution < 1.29 is 29.4 Å². The van der Waals surface area contributed by atoms with Crippen molar-refractivity contribution in [2.24, 2.45) is 5.41 Å². The van der Waals surface area contributed by atoms with E-state index in [-0.39, 0.29) is 24.0 Å². The summed E-state index contributed by atoms with van der Waals surface area (Å²) in [6.45, 7) is 6.31. The molecule has 0 amide bonds. The molecule has 23 heavy (non-hydrogen) atoms. The molecule has 0 heterocycles. The van der Waals surface area contributed by atoms with Gasteiger partial charge in [0.25, 0.3) is 0 Å². The second kappa shape index (κ2) is 12.3. The first kappa shape index (κ1) is 23.0.